The topological polar surface area (TPSA) is 307 Å². The number of nitrogens with two attached hydrogens (primary N) is 4. The van der Waals surface area contributed by atoms with Crippen molar-refractivity contribution < 1.29 is 39.0 Å². The first-order valence-electron chi connectivity index (χ1n) is 12.5. The van der Waals surface area contributed by atoms with Crippen LogP contribution in [0.1, 0.15) is 51.4 Å². The van der Waals surface area contributed by atoms with Crippen LogP contribution in [0, 0.1) is 0 Å². The van der Waals surface area contributed by atoms with Gasteiger partial charge in [0.25, 0.3) is 0 Å². The van der Waals surface area contributed by atoms with Gasteiger partial charge in [0.2, 0.25) is 23.6 Å². The molecule has 0 aromatic rings. The van der Waals surface area contributed by atoms with Crippen LogP contribution in [-0.4, -0.2) is 96.0 Å². The number of guanidine groups is 1. The molecule has 0 rings (SSSR count). The molecule has 0 aromatic carbocycles. The summed E-state index contributed by atoms with van der Waals surface area (Å²) in [6.07, 6.45) is 1.67. The molecule has 39 heavy (non-hydrogen) atoms. The third-order valence-electron chi connectivity index (χ3n) is 5.22. The first kappa shape index (κ1) is 35.0. The molecule has 0 saturated carbocycles. The number of nitrogens with zero attached hydrogens (tertiary/aromatic N) is 1. The lowest BCUT2D eigenvalue weighted by molar-refractivity contribution is -0.147. The summed E-state index contributed by atoms with van der Waals surface area (Å²) in [6, 6.07) is -3.37. The second-order valence-electron chi connectivity index (χ2n) is 8.63. The van der Waals surface area contributed by atoms with Gasteiger partial charge in [0, 0.05) is 19.5 Å². The number of amides is 4. The zero-order valence-electron chi connectivity index (χ0n) is 21.8. The Morgan fingerprint density at radius 2 is 1.46 bits per heavy atom. The molecule has 17 heteroatoms. The number of nitrogens with one attached hydrogen (secondary N) is 4. The fourth-order valence-electron chi connectivity index (χ4n) is 3.17. The van der Waals surface area contributed by atoms with Crippen LogP contribution >= 0.6 is 0 Å². The summed E-state index contributed by atoms with van der Waals surface area (Å²) in [5.41, 5.74) is 21.7. The van der Waals surface area contributed by atoms with Crippen molar-refractivity contribution in [3.05, 3.63) is 0 Å². The molecule has 0 aliphatic heterocycles. The Morgan fingerprint density at radius 3 is 2.05 bits per heavy atom. The van der Waals surface area contributed by atoms with Crippen molar-refractivity contribution in [2.24, 2.45) is 27.9 Å². The van der Waals surface area contributed by atoms with Crippen LogP contribution in [0.25, 0.3) is 0 Å². The molecular formula is C22H41N9O8. The fraction of sp³-hybridized carbons (Fsp3) is 0.682. The van der Waals surface area contributed by atoms with Crippen molar-refractivity contribution in [1.82, 2.24) is 21.3 Å². The van der Waals surface area contributed by atoms with E-state index in [1.807, 2.05) is 5.32 Å². The summed E-state index contributed by atoms with van der Waals surface area (Å²) >= 11 is 0. The Kier molecular flexibility index (Phi) is 18.0. The van der Waals surface area contributed by atoms with E-state index in [-0.39, 0.29) is 31.3 Å². The molecule has 0 fully saturated rings. The number of unbranched alkanes of at least 4 members (excludes halogenated alkanes) is 1. The monoisotopic (exact) mass is 559 g/mol. The van der Waals surface area contributed by atoms with Crippen LogP contribution in [0.2, 0.25) is 0 Å². The normalized spacial score (nSPS) is 12.8. The Bertz CT molecular complexity index is 864. The van der Waals surface area contributed by atoms with Crippen molar-refractivity contribution in [3.8, 4) is 0 Å². The maximum Gasteiger partial charge on any atom is 0.326 e. The summed E-state index contributed by atoms with van der Waals surface area (Å²) in [5, 5.41) is 27.3. The maximum atomic E-state index is 12.6. The molecule has 3 atom stereocenters. The first-order chi connectivity index (χ1) is 18.4. The fourth-order valence-corrected chi connectivity index (χ4v) is 3.17. The van der Waals surface area contributed by atoms with Crippen LogP contribution in [0.15, 0.2) is 4.99 Å². The van der Waals surface area contributed by atoms with Gasteiger partial charge in [0.1, 0.15) is 12.1 Å². The quantitative estimate of drug-likeness (QED) is 0.0366. The van der Waals surface area contributed by atoms with Gasteiger partial charge in [-0.1, -0.05) is 0 Å². The molecule has 14 N–H and O–H groups in total. The number of aliphatic imine (C=N–C) groups is 1. The zero-order chi connectivity index (χ0) is 29.8. The van der Waals surface area contributed by atoms with Gasteiger partial charge in [-0.15, -0.1) is 0 Å². The van der Waals surface area contributed by atoms with E-state index in [0.29, 0.717) is 45.2 Å². The highest BCUT2D eigenvalue weighted by Crippen LogP contribution is 2.02. The number of hydrogen-bond acceptors (Lipinski definition) is 9. The molecule has 4 amide bonds. The minimum atomic E-state index is -1.67. The van der Waals surface area contributed by atoms with E-state index in [0.717, 1.165) is 0 Å². The van der Waals surface area contributed by atoms with E-state index in [9.17, 15) is 28.8 Å². The molecule has 0 aliphatic rings. The second kappa shape index (κ2) is 20.0. The van der Waals surface area contributed by atoms with Gasteiger partial charge >= 0.3 is 11.9 Å². The Balaban J connectivity index is 4.77. The molecule has 0 aromatic heterocycles. The standard InChI is InChI=1S/C22H41N9O8/c23-8-3-5-13(24)19(36)27-9-2-1-7-16(32)30-14(6-4-10-28-22(25)26)20(37)29-12-17(33)31-15(21(38)39)11-18(34)35/h13-15H,1-12,23-24H2,(H,27,36)(H,29,37)(H,30,32)(H,31,33)(H,34,35)(H,38,39)(H4,25,26,28)/t13-,14-,15-/m0/s1. The third kappa shape index (κ3) is 18.0. The van der Waals surface area contributed by atoms with Gasteiger partial charge in [-0.05, 0) is 45.1 Å². The van der Waals surface area contributed by atoms with Crippen LogP contribution in [0.3, 0.4) is 0 Å². The number of rotatable bonds is 21. The number of aliphatic carboxylic acids is 2. The molecule has 17 nitrogen and oxygen atoms in total. The molecule has 0 spiro atoms. The van der Waals surface area contributed by atoms with Gasteiger partial charge in [0.05, 0.1) is 19.0 Å². The lowest BCUT2D eigenvalue weighted by Gasteiger charge is -2.19. The predicted octanol–water partition coefficient (Wildman–Crippen LogP) is -3.96. The molecule has 222 valence electrons. The number of carbonyl (C=O) groups is 6. The largest absolute Gasteiger partial charge is 0.481 e. The Labute approximate surface area is 225 Å². The van der Waals surface area contributed by atoms with Crippen LogP contribution in [0.4, 0.5) is 0 Å². The Hall–Kier alpha value is -3.99. The molecular weight excluding hydrogens is 518 g/mol. The number of carboxylic acid groups (broad SMARTS) is 2. The van der Waals surface area contributed by atoms with Crippen molar-refractivity contribution >= 4 is 41.5 Å². The Morgan fingerprint density at radius 1 is 0.795 bits per heavy atom. The van der Waals surface area contributed by atoms with Gasteiger partial charge in [-0.2, -0.15) is 0 Å². The van der Waals surface area contributed by atoms with Gasteiger partial charge in [-0.3, -0.25) is 29.0 Å². The summed E-state index contributed by atoms with van der Waals surface area (Å²) in [7, 11) is 0. The van der Waals surface area contributed by atoms with Crippen molar-refractivity contribution in [1.29, 1.82) is 0 Å². The minimum absolute atomic E-state index is 0.0583. The molecule has 0 aliphatic carbocycles. The van der Waals surface area contributed by atoms with Crippen molar-refractivity contribution in [2.75, 3.05) is 26.2 Å². The third-order valence-corrected chi connectivity index (χ3v) is 5.22. The number of carboxylic acids is 2. The lowest BCUT2D eigenvalue weighted by atomic mass is 10.1. The highest BCUT2D eigenvalue weighted by molar-refractivity contribution is 5.92. The number of carbonyl (C=O) groups excluding carboxylic acids is 4. The number of hydrogen-bond donors (Lipinski definition) is 10. The van der Waals surface area contributed by atoms with Crippen LogP contribution < -0.4 is 44.2 Å². The van der Waals surface area contributed by atoms with E-state index in [2.05, 4.69) is 20.9 Å². The molecule has 0 saturated heterocycles. The molecule has 0 radical (unpaired) electrons. The highest BCUT2D eigenvalue weighted by atomic mass is 16.4. The van der Waals surface area contributed by atoms with Crippen LogP contribution in [0.5, 0.6) is 0 Å². The van der Waals surface area contributed by atoms with Gasteiger partial charge < -0.3 is 54.4 Å². The summed E-state index contributed by atoms with van der Waals surface area (Å²) < 4.78 is 0. The van der Waals surface area contributed by atoms with E-state index in [1.165, 1.54) is 0 Å². The highest BCUT2D eigenvalue weighted by Gasteiger charge is 2.25. The summed E-state index contributed by atoms with van der Waals surface area (Å²) in [4.78, 5) is 74.6. The average Bonchev–Trinajstić information content (AvgIpc) is 2.86. The van der Waals surface area contributed by atoms with Crippen molar-refractivity contribution in [2.45, 2.75) is 69.5 Å². The summed E-state index contributed by atoms with van der Waals surface area (Å²) in [6.45, 7) is 0.300. The molecule has 0 bridgehead atoms. The van der Waals surface area contributed by atoms with Crippen LogP contribution in [-0.2, 0) is 28.8 Å². The molecule has 0 unspecified atom stereocenters. The first-order valence-corrected chi connectivity index (χ1v) is 12.5. The summed E-state index contributed by atoms with van der Waals surface area (Å²) in [5.74, 6) is -5.50. The van der Waals surface area contributed by atoms with E-state index in [4.69, 9.17) is 33.1 Å². The minimum Gasteiger partial charge on any atom is -0.481 e. The second-order valence-corrected chi connectivity index (χ2v) is 8.63. The zero-order valence-corrected chi connectivity index (χ0v) is 21.8. The SMILES string of the molecule is NCCC[C@H](N)C(=O)NCCCCC(=O)N[C@@H](CCCN=C(N)N)C(=O)NCC(=O)N[C@@H](CC(=O)O)C(=O)O. The predicted molar refractivity (Wildman–Crippen MR) is 140 cm³/mol. The molecule has 0 heterocycles. The van der Waals surface area contributed by atoms with E-state index >= 15 is 0 Å². The smallest absolute Gasteiger partial charge is 0.326 e. The average molecular weight is 560 g/mol. The van der Waals surface area contributed by atoms with Gasteiger partial charge in [0.15, 0.2) is 5.96 Å². The van der Waals surface area contributed by atoms with E-state index in [1.54, 1.807) is 0 Å². The lowest BCUT2D eigenvalue weighted by Crippen LogP contribution is -2.51. The van der Waals surface area contributed by atoms with Crippen molar-refractivity contribution in [3.63, 3.8) is 0 Å². The van der Waals surface area contributed by atoms with E-state index < -0.39 is 60.8 Å². The maximum absolute atomic E-state index is 12.6. The van der Waals surface area contributed by atoms with Gasteiger partial charge in [-0.25, -0.2) is 4.79 Å².